The first-order chi connectivity index (χ1) is 9.79. The van der Waals surface area contributed by atoms with Crippen molar-refractivity contribution in [2.24, 2.45) is 5.84 Å². The summed E-state index contributed by atoms with van der Waals surface area (Å²) in [5.41, 5.74) is 5.65. The summed E-state index contributed by atoms with van der Waals surface area (Å²) in [6.45, 7) is 0. The number of hydrogen-bond donors (Lipinski definition) is 2. The highest BCUT2D eigenvalue weighted by atomic mass is 16.5. The number of methoxy groups -OCH3 is 1. The molecule has 1 aromatic carbocycles. The zero-order chi connectivity index (χ0) is 14.0. The summed E-state index contributed by atoms with van der Waals surface area (Å²) in [4.78, 5) is 0. The van der Waals surface area contributed by atoms with Gasteiger partial charge < -0.3 is 4.74 Å². The highest BCUT2D eigenvalue weighted by Gasteiger charge is 2.42. The number of nitrogens with two attached hydrogens (primary N) is 1. The largest absolute Gasteiger partial charge is 0.376 e. The second-order valence-corrected chi connectivity index (χ2v) is 6.37. The molecule has 0 heterocycles. The lowest BCUT2D eigenvalue weighted by atomic mass is 9.78. The van der Waals surface area contributed by atoms with E-state index in [-0.39, 0.29) is 11.6 Å². The summed E-state index contributed by atoms with van der Waals surface area (Å²) >= 11 is 0. The van der Waals surface area contributed by atoms with Gasteiger partial charge >= 0.3 is 0 Å². The molecule has 2 aliphatic rings. The van der Waals surface area contributed by atoms with Gasteiger partial charge in [0.25, 0.3) is 0 Å². The Kier molecular flexibility index (Phi) is 4.11. The van der Waals surface area contributed by atoms with E-state index < -0.39 is 0 Å². The van der Waals surface area contributed by atoms with E-state index in [1.165, 1.54) is 43.2 Å². The van der Waals surface area contributed by atoms with Crippen LogP contribution in [-0.2, 0) is 4.74 Å². The monoisotopic (exact) mass is 274 g/mol. The van der Waals surface area contributed by atoms with Gasteiger partial charge in [-0.2, -0.15) is 0 Å². The number of benzene rings is 1. The molecule has 0 spiro atoms. The Labute approximate surface area is 121 Å². The Morgan fingerprint density at radius 2 is 2.00 bits per heavy atom. The van der Waals surface area contributed by atoms with Crippen molar-refractivity contribution >= 4 is 0 Å². The van der Waals surface area contributed by atoms with Crippen molar-refractivity contribution in [3.63, 3.8) is 0 Å². The summed E-state index contributed by atoms with van der Waals surface area (Å²) in [5, 5.41) is 0. The molecule has 0 radical (unpaired) electrons. The molecule has 1 aromatic rings. The van der Waals surface area contributed by atoms with Crippen LogP contribution in [0.15, 0.2) is 24.3 Å². The first-order valence-corrected chi connectivity index (χ1v) is 7.90. The minimum absolute atomic E-state index is 0.0926. The Balaban J connectivity index is 1.88. The molecule has 0 aliphatic heterocycles. The molecule has 0 amide bonds. The quantitative estimate of drug-likeness (QED) is 0.639. The fourth-order valence-electron chi connectivity index (χ4n) is 3.87. The minimum Gasteiger partial charge on any atom is -0.376 e. The molecule has 0 bridgehead atoms. The molecule has 3 heteroatoms. The van der Waals surface area contributed by atoms with Gasteiger partial charge in [-0.05, 0) is 42.7 Å². The summed E-state index contributed by atoms with van der Waals surface area (Å²) in [7, 11) is 1.82. The number of rotatable bonds is 5. The van der Waals surface area contributed by atoms with Crippen LogP contribution in [0.1, 0.15) is 68.0 Å². The van der Waals surface area contributed by atoms with Gasteiger partial charge in [0.2, 0.25) is 0 Å². The van der Waals surface area contributed by atoms with Crippen LogP contribution in [0.3, 0.4) is 0 Å². The summed E-state index contributed by atoms with van der Waals surface area (Å²) in [6.07, 6.45) is 8.68. The molecule has 2 saturated carbocycles. The molecular weight excluding hydrogens is 248 g/mol. The smallest absolute Gasteiger partial charge is 0.0885 e. The van der Waals surface area contributed by atoms with E-state index in [2.05, 4.69) is 29.7 Å². The number of nitrogens with one attached hydrogen (secondary N) is 1. The van der Waals surface area contributed by atoms with Gasteiger partial charge in [-0.25, -0.2) is 0 Å². The number of ether oxygens (including phenoxy) is 1. The first-order valence-electron chi connectivity index (χ1n) is 7.90. The number of hydrazine groups is 1. The summed E-state index contributed by atoms with van der Waals surface area (Å²) < 4.78 is 5.90. The molecular formula is C17H26N2O. The summed E-state index contributed by atoms with van der Waals surface area (Å²) in [5.74, 6) is 6.65. The third kappa shape index (κ3) is 2.39. The van der Waals surface area contributed by atoms with Crippen molar-refractivity contribution in [1.29, 1.82) is 0 Å². The van der Waals surface area contributed by atoms with Crippen LogP contribution >= 0.6 is 0 Å². The average Bonchev–Trinajstić information content (AvgIpc) is 2.88. The van der Waals surface area contributed by atoms with Gasteiger partial charge in [-0.3, -0.25) is 11.3 Å². The molecule has 2 fully saturated rings. The molecule has 3 rings (SSSR count). The topological polar surface area (TPSA) is 47.3 Å². The standard InChI is InChI=1S/C17H26N2O/c1-20-17(10-2-3-11-17)16(19-18)15-9-5-8-14(12-15)13-6-4-7-13/h5,8-9,12-13,16,19H,2-4,6-7,10-11,18H2,1H3. The van der Waals surface area contributed by atoms with Crippen LogP contribution in [0.5, 0.6) is 0 Å². The van der Waals surface area contributed by atoms with E-state index in [1.54, 1.807) is 0 Å². The average molecular weight is 274 g/mol. The zero-order valence-electron chi connectivity index (χ0n) is 12.4. The molecule has 20 heavy (non-hydrogen) atoms. The predicted octanol–water partition coefficient (Wildman–Crippen LogP) is 3.42. The van der Waals surface area contributed by atoms with Crippen LogP contribution in [-0.4, -0.2) is 12.7 Å². The highest BCUT2D eigenvalue weighted by Crippen LogP contribution is 2.43. The van der Waals surface area contributed by atoms with Crippen LogP contribution in [0.25, 0.3) is 0 Å². The van der Waals surface area contributed by atoms with Crippen molar-refractivity contribution in [2.75, 3.05) is 7.11 Å². The lowest BCUT2D eigenvalue weighted by molar-refractivity contribution is -0.0369. The van der Waals surface area contributed by atoms with Crippen molar-refractivity contribution in [3.8, 4) is 0 Å². The molecule has 3 N–H and O–H groups in total. The van der Waals surface area contributed by atoms with Crippen molar-refractivity contribution < 1.29 is 4.74 Å². The van der Waals surface area contributed by atoms with Gasteiger partial charge in [-0.1, -0.05) is 43.5 Å². The third-order valence-electron chi connectivity index (χ3n) is 5.37. The van der Waals surface area contributed by atoms with E-state index in [4.69, 9.17) is 10.6 Å². The van der Waals surface area contributed by atoms with E-state index in [0.29, 0.717) is 0 Å². The maximum Gasteiger partial charge on any atom is 0.0885 e. The van der Waals surface area contributed by atoms with Crippen LogP contribution < -0.4 is 11.3 Å². The fraction of sp³-hybridized carbons (Fsp3) is 0.647. The SMILES string of the molecule is COC1(C(NN)c2cccc(C3CCC3)c2)CCCC1. The van der Waals surface area contributed by atoms with E-state index in [9.17, 15) is 0 Å². The molecule has 1 atom stereocenters. The number of hydrogen-bond acceptors (Lipinski definition) is 3. The lowest BCUT2D eigenvalue weighted by Crippen LogP contribution is -2.46. The third-order valence-corrected chi connectivity index (χ3v) is 5.37. The van der Waals surface area contributed by atoms with Crippen LogP contribution in [0.2, 0.25) is 0 Å². The van der Waals surface area contributed by atoms with E-state index in [1.807, 2.05) is 7.11 Å². The molecule has 0 aromatic heterocycles. The predicted molar refractivity (Wildman–Crippen MR) is 81.3 cm³/mol. The van der Waals surface area contributed by atoms with Crippen molar-refractivity contribution in [2.45, 2.75) is 62.5 Å². The van der Waals surface area contributed by atoms with Gasteiger partial charge in [0.1, 0.15) is 0 Å². The maximum atomic E-state index is 5.90. The highest BCUT2D eigenvalue weighted by molar-refractivity contribution is 5.31. The van der Waals surface area contributed by atoms with Gasteiger partial charge in [0.15, 0.2) is 0 Å². The Bertz CT molecular complexity index is 450. The molecule has 1 unspecified atom stereocenters. The maximum absolute atomic E-state index is 5.90. The lowest BCUT2D eigenvalue weighted by Gasteiger charge is -2.37. The van der Waals surface area contributed by atoms with E-state index >= 15 is 0 Å². The van der Waals surface area contributed by atoms with Crippen LogP contribution in [0.4, 0.5) is 0 Å². The van der Waals surface area contributed by atoms with Crippen molar-refractivity contribution in [1.82, 2.24) is 5.43 Å². The minimum atomic E-state index is -0.132. The molecule has 2 aliphatic carbocycles. The summed E-state index contributed by atoms with van der Waals surface area (Å²) in [6, 6.07) is 9.05. The Morgan fingerprint density at radius 3 is 2.55 bits per heavy atom. The molecule has 0 saturated heterocycles. The van der Waals surface area contributed by atoms with Gasteiger partial charge in [0.05, 0.1) is 11.6 Å². The molecule has 110 valence electrons. The second kappa shape index (κ2) is 5.84. The van der Waals surface area contributed by atoms with Crippen molar-refractivity contribution in [3.05, 3.63) is 35.4 Å². The Hall–Kier alpha value is -0.900. The zero-order valence-corrected chi connectivity index (χ0v) is 12.4. The fourth-order valence-corrected chi connectivity index (χ4v) is 3.87. The van der Waals surface area contributed by atoms with Gasteiger partial charge in [-0.15, -0.1) is 0 Å². The Morgan fingerprint density at radius 1 is 1.25 bits per heavy atom. The van der Waals surface area contributed by atoms with E-state index in [0.717, 1.165) is 18.8 Å². The van der Waals surface area contributed by atoms with Crippen LogP contribution in [0, 0.1) is 0 Å². The normalized spacial score (nSPS) is 23.5. The first kappa shape index (κ1) is 14.1. The second-order valence-electron chi connectivity index (χ2n) is 6.37. The molecule has 3 nitrogen and oxygen atoms in total. The van der Waals surface area contributed by atoms with Gasteiger partial charge in [0, 0.05) is 7.11 Å².